The van der Waals surface area contributed by atoms with E-state index in [1.807, 2.05) is 126 Å². The second kappa shape index (κ2) is 16.4. The molecule has 3 aromatic rings. The number of aliphatic hydroxyl groups is 1. The zero-order valence-corrected chi connectivity index (χ0v) is 28.8. The molecule has 0 unspecified atom stereocenters. The Morgan fingerprint density at radius 2 is 1.31 bits per heavy atom. The van der Waals surface area contributed by atoms with Gasteiger partial charge < -0.3 is 33.5 Å². The van der Waals surface area contributed by atoms with Crippen LogP contribution < -0.4 is 0 Å². The van der Waals surface area contributed by atoms with Crippen molar-refractivity contribution in [1.82, 2.24) is 4.90 Å². The summed E-state index contributed by atoms with van der Waals surface area (Å²) >= 11 is 0. The molecule has 1 N–H and O–H groups in total. The molecule has 1 amide bonds. The van der Waals surface area contributed by atoms with Crippen molar-refractivity contribution in [1.29, 1.82) is 0 Å². The molecule has 2 fully saturated rings. The SMILES string of the molecule is CC(C)(C)OC(=O)N1[C@@H](CC[C@@H]2O[C@H](COCc3ccccc3)[C@H](OCc3ccccc3)[C@H](OCc3ccccc3)[C@H]2O)COC1(C)C. The molecule has 2 heterocycles. The van der Waals surface area contributed by atoms with Crippen molar-refractivity contribution < 1.29 is 38.3 Å². The van der Waals surface area contributed by atoms with Crippen LogP contribution in [-0.4, -0.2) is 77.2 Å². The van der Waals surface area contributed by atoms with Crippen molar-refractivity contribution in [3.8, 4) is 0 Å². The van der Waals surface area contributed by atoms with Gasteiger partial charge in [-0.2, -0.15) is 0 Å². The van der Waals surface area contributed by atoms with Gasteiger partial charge >= 0.3 is 6.09 Å². The lowest BCUT2D eigenvalue weighted by atomic mass is 9.91. The van der Waals surface area contributed by atoms with Crippen molar-refractivity contribution in [3.05, 3.63) is 108 Å². The third-order valence-electron chi connectivity index (χ3n) is 8.67. The van der Waals surface area contributed by atoms with Gasteiger partial charge in [0.1, 0.15) is 35.7 Å². The summed E-state index contributed by atoms with van der Waals surface area (Å²) in [5.41, 5.74) is 1.57. The first kappa shape index (κ1) is 36.0. The summed E-state index contributed by atoms with van der Waals surface area (Å²) in [7, 11) is 0. The second-order valence-electron chi connectivity index (χ2n) is 14.1. The molecule has 0 aliphatic carbocycles. The highest BCUT2D eigenvalue weighted by atomic mass is 16.6. The van der Waals surface area contributed by atoms with E-state index in [2.05, 4.69) is 0 Å². The van der Waals surface area contributed by atoms with E-state index in [0.29, 0.717) is 39.3 Å². The van der Waals surface area contributed by atoms with Crippen LogP contribution in [0.4, 0.5) is 4.79 Å². The molecule has 2 saturated heterocycles. The smallest absolute Gasteiger partial charge is 0.412 e. The van der Waals surface area contributed by atoms with E-state index < -0.39 is 47.9 Å². The molecule has 6 atom stereocenters. The highest BCUT2D eigenvalue weighted by molar-refractivity contribution is 5.69. The lowest BCUT2D eigenvalue weighted by Crippen LogP contribution is -2.60. The molecule has 0 saturated carbocycles. The fourth-order valence-corrected chi connectivity index (χ4v) is 6.30. The van der Waals surface area contributed by atoms with Gasteiger partial charge in [0, 0.05) is 0 Å². The molecule has 9 nitrogen and oxygen atoms in total. The summed E-state index contributed by atoms with van der Waals surface area (Å²) in [6, 6.07) is 29.5. The van der Waals surface area contributed by atoms with E-state index in [1.165, 1.54) is 0 Å². The van der Waals surface area contributed by atoms with Gasteiger partial charge in [-0.25, -0.2) is 4.79 Å². The van der Waals surface area contributed by atoms with Gasteiger partial charge in [0.15, 0.2) is 0 Å². The molecule has 0 bridgehead atoms. The summed E-state index contributed by atoms with van der Waals surface area (Å²) in [6.45, 7) is 10.9. The molecule has 9 heteroatoms. The molecule has 48 heavy (non-hydrogen) atoms. The number of ether oxygens (including phenoxy) is 6. The maximum absolute atomic E-state index is 13.3. The summed E-state index contributed by atoms with van der Waals surface area (Å²) in [4.78, 5) is 15.0. The predicted molar refractivity (Wildman–Crippen MR) is 182 cm³/mol. The van der Waals surface area contributed by atoms with E-state index in [1.54, 1.807) is 4.90 Å². The highest BCUT2D eigenvalue weighted by Crippen LogP contribution is 2.35. The minimum atomic E-state index is -0.995. The van der Waals surface area contributed by atoms with Crippen molar-refractivity contribution in [3.63, 3.8) is 0 Å². The Hall–Kier alpha value is -3.31. The van der Waals surface area contributed by atoms with Gasteiger partial charge in [0.25, 0.3) is 0 Å². The standard InChI is InChI=1S/C39H51NO8/c1-38(2,3)48-37(42)40-31(26-46-39(40,4)5)21-22-32-34(41)36(45-25-30-19-13-8-14-20-30)35(44-24-29-17-11-7-12-18-29)33(47-32)27-43-23-28-15-9-6-10-16-28/h6-20,31-36,41H,21-27H2,1-5H3/t31-,32-,33+,34-,35-,36+/m0/s1. The van der Waals surface area contributed by atoms with E-state index in [4.69, 9.17) is 28.4 Å². The molecule has 2 aliphatic heterocycles. The Balaban J connectivity index is 1.35. The van der Waals surface area contributed by atoms with E-state index in [0.717, 1.165) is 16.7 Å². The van der Waals surface area contributed by atoms with Crippen LogP contribution in [0, 0.1) is 0 Å². The van der Waals surface area contributed by atoms with E-state index in [-0.39, 0.29) is 12.6 Å². The second-order valence-corrected chi connectivity index (χ2v) is 14.1. The largest absolute Gasteiger partial charge is 0.444 e. The molecular weight excluding hydrogens is 610 g/mol. The number of hydrogen-bond donors (Lipinski definition) is 1. The lowest BCUT2D eigenvalue weighted by molar-refractivity contribution is -0.262. The summed E-state index contributed by atoms with van der Waals surface area (Å²) in [5.74, 6) is 0. The van der Waals surface area contributed by atoms with Crippen LogP contribution in [0.3, 0.4) is 0 Å². The van der Waals surface area contributed by atoms with Crippen molar-refractivity contribution in [2.24, 2.45) is 0 Å². The fourth-order valence-electron chi connectivity index (χ4n) is 6.30. The number of carbonyl (C=O) groups is 1. The molecule has 260 valence electrons. The first-order valence-corrected chi connectivity index (χ1v) is 16.9. The summed E-state index contributed by atoms with van der Waals surface area (Å²) in [6.07, 6.45) is -2.86. The average Bonchev–Trinajstić information content (AvgIpc) is 3.37. The van der Waals surface area contributed by atoms with Crippen LogP contribution in [-0.2, 0) is 48.2 Å². The normalized spacial score (nSPS) is 25.6. The topological polar surface area (TPSA) is 95.9 Å². The van der Waals surface area contributed by atoms with Crippen LogP contribution in [0.15, 0.2) is 91.0 Å². The van der Waals surface area contributed by atoms with E-state index in [9.17, 15) is 9.90 Å². The van der Waals surface area contributed by atoms with Crippen LogP contribution in [0.5, 0.6) is 0 Å². The molecule has 0 spiro atoms. The lowest BCUT2D eigenvalue weighted by Gasteiger charge is -2.45. The molecule has 2 aliphatic rings. The van der Waals surface area contributed by atoms with Crippen LogP contribution in [0.2, 0.25) is 0 Å². The molecule has 0 radical (unpaired) electrons. The zero-order chi connectivity index (χ0) is 34.1. The quantitative estimate of drug-likeness (QED) is 0.218. The Morgan fingerprint density at radius 3 is 1.85 bits per heavy atom. The number of aliphatic hydroxyl groups excluding tert-OH is 1. The number of benzene rings is 3. The van der Waals surface area contributed by atoms with Crippen LogP contribution >= 0.6 is 0 Å². The number of amides is 1. The number of nitrogens with zero attached hydrogens (tertiary/aromatic N) is 1. The van der Waals surface area contributed by atoms with Gasteiger partial charge in [0.05, 0.1) is 45.2 Å². The minimum absolute atomic E-state index is 0.242. The number of hydrogen-bond acceptors (Lipinski definition) is 8. The van der Waals surface area contributed by atoms with Gasteiger partial charge in [-0.15, -0.1) is 0 Å². The van der Waals surface area contributed by atoms with Gasteiger partial charge in [-0.05, 0) is 64.2 Å². The first-order valence-electron chi connectivity index (χ1n) is 16.9. The minimum Gasteiger partial charge on any atom is -0.444 e. The van der Waals surface area contributed by atoms with Gasteiger partial charge in [0.2, 0.25) is 0 Å². The summed E-state index contributed by atoms with van der Waals surface area (Å²) < 4.78 is 37.7. The number of carbonyl (C=O) groups excluding carboxylic acids is 1. The maximum Gasteiger partial charge on any atom is 0.412 e. The zero-order valence-electron chi connectivity index (χ0n) is 28.8. The van der Waals surface area contributed by atoms with Crippen molar-refractivity contribution >= 4 is 6.09 Å². The van der Waals surface area contributed by atoms with Crippen molar-refractivity contribution in [2.45, 2.75) is 115 Å². The van der Waals surface area contributed by atoms with Gasteiger partial charge in [-0.1, -0.05) is 91.0 Å². The maximum atomic E-state index is 13.3. The first-order chi connectivity index (χ1) is 23.0. The Kier molecular flexibility index (Phi) is 12.3. The van der Waals surface area contributed by atoms with Crippen LogP contribution in [0.1, 0.15) is 64.2 Å². The Labute approximate surface area is 285 Å². The third kappa shape index (κ3) is 9.87. The number of rotatable bonds is 13. The molecular formula is C39H51NO8. The predicted octanol–water partition coefficient (Wildman–Crippen LogP) is 6.65. The molecule has 5 rings (SSSR count). The Morgan fingerprint density at radius 1 is 0.792 bits per heavy atom. The average molecular weight is 662 g/mol. The summed E-state index contributed by atoms with van der Waals surface area (Å²) in [5, 5.41) is 11.9. The monoisotopic (exact) mass is 661 g/mol. The molecule has 0 aromatic heterocycles. The Bertz CT molecular complexity index is 1400. The molecule has 3 aromatic carbocycles. The van der Waals surface area contributed by atoms with Gasteiger partial charge in [-0.3, -0.25) is 4.90 Å². The van der Waals surface area contributed by atoms with E-state index >= 15 is 0 Å². The van der Waals surface area contributed by atoms with Crippen LogP contribution in [0.25, 0.3) is 0 Å². The van der Waals surface area contributed by atoms with Crippen molar-refractivity contribution in [2.75, 3.05) is 13.2 Å². The third-order valence-corrected chi connectivity index (χ3v) is 8.67. The highest BCUT2D eigenvalue weighted by Gasteiger charge is 2.49. The fraction of sp³-hybridized carbons (Fsp3) is 0.513.